The first-order chi connectivity index (χ1) is 13.9. The largest absolute Gasteiger partial charge is 0.487 e. The molecule has 0 aromatic heterocycles. The first-order valence-electron chi connectivity index (χ1n) is 8.69. The number of carbonyl (C=O) groups is 1. The van der Waals surface area contributed by atoms with E-state index in [2.05, 4.69) is 55.7 Å². The van der Waals surface area contributed by atoms with Crippen molar-refractivity contribution in [2.45, 2.75) is 13.5 Å². The van der Waals surface area contributed by atoms with E-state index in [1.807, 2.05) is 31.2 Å². The Morgan fingerprint density at radius 1 is 1.10 bits per heavy atom. The minimum absolute atomic E-state index is 0.151. The Bertz CT molecular complexity index is 1050. The lowest BCUT2D eigenvalue weighted by Crippen LogP contribution is -2.17. The third-order valence-electron chi connectivity index (χ3n) is 4.01. The van der Waals surface area contributed by atoms with Gasteiger partial charge in [-0.25, -0.2) is 9.82 Å². The van der Waals surface area contributed by atoms with E-state index in [-0.39, 0.29) is 18.3 Å². The predicted molar refractivity (Wildman–Crippen MR) is 129 cm³/mol. The van der Waals surface area contributed by atoms with E-state index < -0.39 is 0 Å². The van der Waals surface area contributed by atoms with Gasteiger partial charge in [0.2, 0.25) is 0 Å². The van der Waals surface area contributed by atoms with Crippen molar-refractivity contribution in [1.29, 1.82) is 0 Å². The molecule has 148 valence electrons. The number of hydrogen-bond donors (Lipinski definition) is 1. The lowest BCUT2D eigenvalue weighted by molar-refractivity contribution is 0.0955. The van der Waals surface area contributed by atoms with Gasteiger partial charge < -0.3 is 4.74 Å². The second-order valence-corrected chi connectivity index (χ2v) is 8.59. The van der Waals surface area contributed by atoms with Crippen molar-refractivity contribution >= 4 is 57.3 Å². The Kier molecular flexibility index (Phi) is 7.59. The average molecular weight is 614 g/mol. The molecule has 0 fully saturated rings. The molecule has 0 unspecified atom stereocenters. The van der Waals surface area contributed by atoms with Crippen LogP contribution in [0.1, 0.15) is 27.0 Å². The molecule has 0 atom stereocenters. The molecule has 0 aliphatic carbocycles. The molecular weight excluding hydrogens is 597 g/mol. The zero-order valence-electron chi connectivity index (χ0n) is 15.5. The summed E-state index contributed by atoms with van der Waals surface area (Å²) in [5, 5.41) is 4.04. The van der Waals surface area contributed by atoms with E-state index in [0.29, 0.717) is 16.9 Å². The summed E-state index contributed by atoms with van der Waals surface area (Å²) < 4.78 is 21.3. The van der Waals surface area contributed by atoms with Crippen LogP contribution < -0.4 is 10.2 Å². The predicted octanol–water partition coefficient (Wildman–Crippen LogP) is 5.69. The van der Waals surface area contributed by atoms with Gasteiger partial charge in [0.15, 0.2) is 0 Å². The maximum absolute atomic E-state index is 13.8. The second kappa shape index (κ2) is 10.1. The van der Waals surface area contributed by atoms with Crippen LogP contribution in [-0.2, 0) is 6.61 Å². The van der Waals surface area contributed by atoms with E-state index in [9.17, 15) is 9.18 Å². The van der Waals surface area contributed by atoms with Gasteiger partial charge in [-0.2, -0.15) is 5.10 Å². The number of hydrazone groups is 1. The summed E-state index contributed by atoms with van der Waals surface area (Å²) in [5.74, 6) is 0.139. The van der Waals surface area contributed by atoms with Crippen molar-refractivity contribution in [1.82, 2.24) is 5.43 Å². The lowest BCUT2D eigenvalue weighted by atomic mass is 10.1. The topological polar surface area (TPSA) is 50.7 Å². The highest BCUT2D eigenvalue weighted by Gasteiger charge is 2.10. The highest BCUT2D eigenvalue weighted by atomic mass is 127. The van der Waals surface area contributed by atoms with E-state index >= 15 is 0 Å². The third-order valence-corrected chi connectivity index (χ3v) is 5.61. The zero-order chi connectivity index (χ0) is 20.8. The Hall–Kier alpha value is -2.01. The van der Waals surface area contributed by atoms with Crippen molar-refractivity contribution in [3.05, 3.63) is 95.9 Å². The number of hydrogen-bond acceptors (Lipinski definition) is 3. The number of amides is 1. The smallest absolute Gasteiger partial charge is 0.271 e. The zero-order valence-corrected chi connectivity index (χ0v) is 19.8. The average Bonchev–Trinajstić information content (AvgIpc) is 2.68. The molecule has 0 saturated carbocycles. The summed E-state index contributed by atoms with van der Waals surface area (Å²) in [5.41, 5.74) is 5.43. The van der Waals surface area contributed by atoms with Crippen LogP contribution in [0.15, 0.2) is 65.8 Å². The van der Waals surface area contributed by atoms with Gasteiger partial charge in [0.05, 0.1) is 13.4 Å². The molecule has 0 saturated heterocycles. The van der Waals surface area contributed by atoms with Crippen LogP contribution in [0, 0.1) is 19.9 Å². The van der Waals surface area contributed by atoms with Crippen molar-refractivity contribution in [2.24, 2.45) is 5.10 Å². The minimum Gasteiger partial charge on any atom is -0.487 e. The van der Waals surface area contributed by atoms with Crippen LogP contribution in [-0.4, -0.2) is 12.1 Å². The summed E-state index contributed by atoms with van der Waals surface area (Å²) in [4.78, 5) is 12.1. The van der Waals surface area contributed by atoms with Gasteiger partial charge >= 0.3 is 0 Å². The maximum atomic E-state index is 13.8. The molecule has 0 bridgehead atoms. The molecule has 3 aromatic rings. The number of rotatable bonds is 6. The number of nitrogens with zero attached hydrogens (tertiary/aromatic N) is 1. The molecule has 29 heavy (non-hydrogen) atoms. The molecular formula is C22H17FI2N2O2. The SMILES string of the molecule is Cc1cccc(C(=O)N/N=C/c2cc(I)c(OCc3ccccc3F)c(I)c2)c1. The highest BCUT2D eigenvalue weighted by molar-refractivity contribution is 14.1. The quantitative estimate of drug-likeness (QED) is 0.221. The monoisotopic (exact) mass is 614 g/mol. The molecule has 3 aromatic carbocycles. The second-order valence-electron chi connectivity index (χ2n) is 6.26. The number of carbonyl (C=O) groups excluding carboxylic acids is 1. The van der Waals surface area contributed by atoms with Gasteiger partial charge in [0.1, 0.15) is 18.2 Å². The fourth-order valence-electron chi connectivity index (χ4n) is 2.57. The van der Waals surface area contributed by atoms with Gasteiger partial charge in [-0.15, -0.1) is 0 Å². The van der Waals surface area contributed by atoms with E-state index in [1.165, 1.54) is 6.07 Å². The molecule has 0 heterocycles. The third kappa shape index (κ3) is 5.99. The van der Waals surface area contributed by atoms with E-state index in [0.717, 1.165) is 18.3 Å². The van der Waals surface area contributed by atoms with Crippen LogP contribution in [0.2, 0.25) is 0 Å². The minimum atomic E-state index is -0.286. The number of nitrogens with one attached hydrogen (secondary N) is 1. The van der Waals surface area contributed by atoms with E-state index in [1.54, 1.807) is 36.5 Å². The summed E-state index contributed by atoms with van der Waals surface area (Å²) in [6.07, 6.45) is 1.58. The van der Waals surface area contributed by atoms with Gasteiger partial charge in [-0.3, -0.25) is 4.79 Å². The van der Waals surface area contributed by atoms with Crippen LogP contribution in [0.4, 0.5) is 4.39 Å². The summed E-state index contributed by atoms with van der Waals surface area (Å²) >= 11 is 4.34. The maximum Gasteiger partial charge on any atom is 0.271 e. The summed E-state index contributed by atoms with van der Waals surface area (Å²) in [6, 6.07) is 17.6. The van der Waals surface area contributed by atoms with Crippen LogP contribution >= 0.6 is 45.2 Å². The van der Waals surface area contributed by atoms with Crippen LogP contribution in [0.25, 0.3) is 0 Å². The van der Waals surface area contributed by atoms with E-state index in [4.69, 9.17) is 4.74 Å². The standard InChI is InChI=1S/C22H17FI2N2O2/c1-14-5-4-7-16(9-14)22(28)27-26-12-15-10-19(24)21(20(25)11-15)29-13-17-6-2-3-8-18(17)23/h2-12H,13H2,1H3,(H,27,28)/b26-12+. The molecule has 0 spiro atoms. The normalized spacial score (nSPS) is 10.9. The fraction of sp³-hybridized carbons (Fsp3) is 0.0909. The number of ether oxygens (including phenoxy) is 1. The van der Waals surface area contributed by atoms with Crippen LogP contribution in [0.3, 0.4) is 0 Å². The Morgan fingerprint density at radius 2 is 1.83 bits per heavy atom. The highest BCUT2D eigenvalue weighted by Crippen LogP contribution is 2.29. The Labute approximate surface area is 195 Å². The molecule has 0 aliphatic rings. The number of halogens is 3. The van der Waals surface area contributed by atoms with Gasteiger partial charge in [-0.1, -0.05) is 35.9 Å². The van der Waals surface area contributed by atoms with Crippen molar-refractivity contribution in [2.75, 3.05) is 0 Å². The molecule has 7 heteroatoms. The van der Waals surface area contributed by atoms with Gasteiger partial charge in [0, 0.05) is 11.1 Å². The van der Waals surface area contributed by atoms with Crippen molar-refractivity contribution < 1.29 is 13.9 Å². The lowest BCUT2D eigenvalue weighted by Gasteiger charge is -2.12. The first kappa shape index (κ1) is 21.7. The van der Waals surface area contributed by atoms with Gasteiger partial charge in [0.25, 0.3) is 5.91 Å². The Balaban J connectivity index is 1.66. The van der Waals surface area contributed by atoms with Crippen molar-refractivity contribution in [3.63, 3.8) is 0 Å². The van der Waals surface area contributed by atoms with Crippen molar-refractivity contribution in [3.8, 4) is 5.75 Å². The van der Waals surface area contributed by atoms with Crippen LogP contribution in [0.5, 0.6) is 5.75 Å². The molecule has 3 rings (SSSR count). The molecule has 0 radical (unpaired) electrons. The number of benzene rings is 3. The fourth-order valence-corrected chi connectivity index (χ4v) is 4.70. The van der Waals surface area contributed by atoms with Gasteiger partial charge in [-0.05, 0) is 88.0 Å². The number of aryl methyl sites for hydroxylation is 1. The summed E-state index contributed by atoms with van der Waals surface area (Å²) in [6.45, 7) is 2.08. The molecule has 1 N–H and O–H groups in total. The first-order valence-corrected chi connectivity index (χ1v) is 10.8. The molecule has 4 nitrogen and oxygen atoms in total. The molecule has 1 amide bonds. The molecule has 0 aliphatic heterocycles. The summed E-state index contributed by atoms with van der Waals surface area (Å²) in [7, 11) is 0. The Morgan fingerprint density at radius 3 is 2.52 bits per heavy atom.